The van der Waals surface area contributed by atoms with E-state index in [0.717, 1.165) is 0 Å². The Labute approximate surface area is 115 Å². The third kappa shape index (κ3) is 3.41. The van der Waals surface area contributed by atoms with E-state index in [1.807, 2.05) is 11.0 Å². The fourth-order valence-corrected chi connectivity index (χ4v) is 2.17. The molecule has 1 unspecified atom stereocenters. The average Bonchev–Trinajstić information content (AvgIpc) is 2.41. The van der Waals surface area contributed by atoms with E-state index in [4.69, 9.17) is 21.6 Å². The maximum absolute atomic E-state index is 11.0. The van der Waals surface area contributed by atoms with Crippen LogP contribution in [0.3, 0.4) is 0 Å². The number of nitro benzene ring substituents is 1. The highest BCUT2D eigenvalue weighted by Gasteiger charge is 2.23. The number of halogens is 1. The van der Waals surface area contributed by atoms with Gasteiger partial charge in [-0.2, -0.15) is 5.26 Å². The highest BCUT2D eigenvalue weighted by molar-refractivity contribution is 6.30. The Hall–Kier alpha value is -1.68. The van der Waals surface area contributed by atoms with Crippen LogP contribution >= 0.6 is 11.6 Å². The molecule has 0 bridgehead atoms. The van der Waals surface area contributed by atoms with Crippen molar-refractivity contribution in [2.45, 2.75) is 12.6 Å². The van der Waals surface area contributed by atoms with E-state index >= 15 is 0 Å². The quantitative estimate of drug-likeness (QED) is 0.625. The number of benzene rings is 1. The van der Waals surface area contributed by atoms with E-state index < -0.39 is 11.0 Å². The molecular weight excluding hydrogens is 270 g/mol. The Morgan fingerprint density at radius 1 is 1.63 bits per heavy atom. The number of hydrogen-bond donors (Lipinski definition) is 0. The van der Waals surface area contributed by atoms with Crippen LogP contribution < -0.4 is 0 Å². The first-order valence-electron chi connectivity index (χ1n) is 5.76. The molecule has 0 amide bonds. The summed E-state index contributed by atoms with van der Waals surface area (Å²) in [4.78, 5) is 12.5. The number of nitriles is 1. The molecule has 1 fully saturated rings. The van der Waals surface area contributed by atoms with Crippen LogP contribution in [0, 0.1) is 21.4 Å². The van der Waals surface area contributed by atoms with Crippen molar-refractivity contribution in [3.8, 4) is 6.07 Å². The van der Waals surface area contributed by atoms with Crippen LogP contribution in [0.25, 0.3) is 0 Å². The molecule has 0 N–H and O–H groups in total. The molecule has 7 heteroatoms. The SMILES string of the molecule is N#CC1CN(Cc2ccc(Cl)cc2[N+](=O)[O-])CCO1. The Morgan fingerprint density at radius 3 is 3.11 bits per heavy atom. The van der Waals surface area contributed by atoms with Crippen LogP contribution in [-0.4, -0.2) is 35.6 Å². The molecule has 1 aliphatic rings. The van der Waals surface area contributed by atoms with Crippen molar-refractivity contribution >= 4 is 17.3 Å². The summed E-state index contributed by atoms with van der Waals surface area (Å²) in [5.74, 6) is 0. The molecule has 1 atom stereocenters. The maximum Gasteiger partial charge on any atom is 0.275 e. The lowest BCUT2D eigenvalue weighted by molar-refractivity contribution is -0.385. The second-order valence-corrected chi connectivity index (χ2v) is 4.69. The van der Waals surface area contributed by atoms with Crippen LogP contribution in [0.2, 0.25) is 5.02 Å². The van der Waals surface area contributed by atoms with E-state index in [-0.39, 0.29) is 5.69 Å². The Balaban J connectivity index is 2.15. The largest absolute Gasteiger partial charge is 0.361 e. The Bertz CT molecular complexity index is 529. The van der Waals surface area contributed by atoms with Crippen molar-refractivity contribution in [1.82, 2.24) is 4.90 Å². The van der Waals surface area contributed by atoms with Gasteiger partial charge in [0.15, 0.2) is 6.10 Å². The smallest absolute Gasteiger partial charge is 0.275 e. The number of nitrogens with zero attached hydrogens (tertiary/aromatic N) is 3. The minimum Gasteiger partial charge on any atom is -0.361 e. The fourth-order valence-electron chi connectivity index (χ4n) is 2.01. The van der Waals surface area contributed by atoms with Gasteiger partial charge in [-0.15, -0.1) is 0 Å². The molecule has 19 heavy (non-hydrogen) atoms. The van der Waals surface area contributed by atoms with Crippen LogP contribution in [0.1, 0.15) is 5.56 Å². The first-order chi connectivity index (χ1) is 9.10. The lowest BCUT2D eigenvalue weighted by Crippen LogP contribution is -2.41. The number of nitro groups is 1. The molecule has 1 aliphatic heterocycles. The maximum atomic E-state index is 11.0. The first kappa shape index (κ1) is 13.7. The van der Waals surface area contributed by atoms with Gasteiger partial charge in [-0.25, -0.2) is 0 Å². The average molecular weight is 282 g/mol. The van der Waals surface area contributed by atoms with Gasteiger partial charge >= 0.3 is 0 Å². The number of ether oxygens (including phenoxy) is 1. The van der Waals surface area contributed by atoms with Gasteiger partial charge in [-0.1, -0.05) is 11.6 Å². The summed E-state index contributed by atoms with van der Waals surface area (Å²) in [5.41, 5.74) is 0.598. The molecule has 0 radical (unpaired) electrons. The van der Waals surface area contributed by atoms with E-state index in [1.165, 1.54) is 6.07 Å². The third-order valence-electron chi connectivity index (χ3n) is 2.93. The van der Waals surface area contributed by atoms with Crippen LogP contribution in [0.4, 0.5) is 5.69 Å². The summed E-state index contributed by atoms with van der Waals surface area (Å²) in [6.45, 7) is 1.98. The van der Waals surface area contributed by atoms with Crippen molar-refractivity contribution in [2.24, 2.45) is 0 Å². The summed E-state index contributed by atoms with van der Waals surface area (Å²) in [5, 5.41) is 20.2. The van der Waals surface area contributed by atoms with Crippen LogP contribution in [-0.2, 0) is 11.3 Å². The molecule has 0 spiro atoms. The van der Waals surface area contributed by atoms with Gasteiger partial charge in [0.1, 0.15) is 0 Å². The van der Waals surface area contributed by atoms with Gasteiger partial charge in [-0.3, -0.25) is 15.0 Å². The molecule has 1 aromatic carbocycles. The van der Waals surface area contributed by atoms with Crippen LogP contribution in [0.5, 0.6) is 0 Å². The van der Waals surface area contributed by atoms with E-state index in [2.05, 4.69) is 0 Å². The molecule has 0 aromatic heterocycles. The number of morpholine rings is 1. The topological polar surface area (TPSA) is 79.4 Å². The summed E-state index contributed by atoms with van der Waals surface area (Å²) >= 11 is 5.77. The minimum absolute atomic E-state index is 0.00694. The zero-order valence-corrected chi connectivity index (χ0v) is 10.8. The molecule has 1 aromatic rings. The molecule has 0 saturated carbocycles. The van der Waals surface area contributed by atoms with Gasteiger partial charge in [0.2, 0.25) is 0 Å². The predicted molar refractivity (Wildman–Crippen MR) is 68.7 cm³/mol. The standard InChI is InChI=1S/C12H12ClN3O3/c13-10-2-1-9(12(5-10)16(17)18)7-15-3-4-19-11(6-14)8-15/h1-2,5,11H,3-4,7-8H2. The highest BCUT2D eigenvalue weighted by Crippen LogP contribution is 2.25. The number of rotatable bonds is 3. The lowest BCUT2D eigenvalue weighted by atomic mass is 10.1. The van der Waals surface area contributed by atoms with Crippen LogP contribution in [0.15, 0.2) is 18.2 Å². The summed E-state index contributed by atoms with van der Waals surface area (Å²) in [6.07, 6.45) is -0.472. The second-order valence-electron chi connectivity index (χ2n) is 4.25. The van der Waals surface area contributed by atoms with Crippen molar-refractivity contribution < 1.29 is 9.66 Å². The first-order valence-corrected chi connectivity index (χ1v) is 6.14. The Kier molecular flexibility index (Phi) is 4.32. The molecule has 6 nitrogen and oxygen atoms in total. The monoisotopic (exact) mass is 281 g/mol. The summed E-state index contributed by atoms with van der Waals surface area (Å²) in [6, 6.07) is 6.67. The molecule has 2 rings (SSSR count). The normalized spacial score (nSPS) is 19.9. The minimum atomic E-state index is -0.472. The van der Waals surface area contributed by atoms with Gasteiger partial charge in [0, 0.05) is 36.3 Å². The second kappa shape index (κ2) is 5.97. The van der Waals surface area contributed by atoms with Gasteiger partial charge in [-0.05, 0) is 12.1 Å². The van der Waals surface area contributed by atoms with E-state index in [1.54, 1.807) is 12.1 Å². The van der Waals surface area contributed by atoms with Gasteiger partial charge in [0.25, 0.3) is 5.69 Å². The zero-order valence-electron chi connectivity index (χ0n) is 10.1. The van der Waals surface area contributed by atoms with E-state index in [0.29, 0.717) is 36.8 Å². The van der Waals surface area contributed by atoms with E-state index in [9.17, 15) is 10.1 Å². The predicted octanol–water partition coefficient (Wildman–Crippen LogP) is 1.97. The van der Waals surface area contributed by atoms with Crippen molar-refractivity contribution in [3.63, 3.8) is 0 Å². The Morgan fingerprint density at radius 2 is 2.42 bits per heavy atom. The molecule has 100 valence electrons. The zero-order chi connectivity index (χ0) is 13.8. The van der Waals surface area contributed by atoms with Crippen molar-refractivity contribution in [2.75, 3.05) is 19.7 Å². The van der Waals surface area contributed by atoms with Gasteiger partial charge < -0.3 is 4.74 Å². The third-order valence-corrected chi connectivity index (χ3v) is 3.17. The highest BCUT2D eigenvalue weighted by atomic mass is 35.5. The lowest BCUT2D eigenvalue weighted by Gasteiger charge is -2.29. The summed E-state index contributed by atoms with van der Waals surface area (Å²) in [7, 11) is 0. The molecule has 1 heterocycles. The molecule has 0 aliphatic carbocycles. The van der Waals surface area contributed by atoms with Crippen molar-refractivity contribution in [1.29, 1.82) is 5.26 Å². The molecular formula is C12H12ClN3O3. The van der Waals surface area contributed by atoms with Gasteiger partial charge in [0.05, 0.1) is 17.6 Å². The fraction of sp³-hybridized carbons (Fsp3) is 0.417. The summed E-state index contributed by atoms with van der Waals surface area (Å²) < 4.78 is 5.23. The van der Waals surface area contributed by atoms with Crippen molar-refractivity contribution in [3.05, 3.63) is 38.9 Å². The number of hydrogen-bond acceptors (Lipinski definition) is 5. The molecule has 1 saturated heterocycles.